The molecule has 2 aliphatic rings. The first-order chi connectivity index (χ1) is 12.7. The maximum Gasteiger partial charge on any atom is 0.228 e. The van der Waals surface area contributed by atoms with Crippen LogP contribution >= 0.6 is 0 Å². The molecular weight excluding hydrogens is 332 g/mol. The zero-order chi connectivity index (χ0) is 17.9. The summed E-state index contributed by atoms with van der Waals surface area (Å²) in [4.78, 5) is 17.3. The number of amides is 1. The Balaban J connectivity index is 1.43. The number of hydrogen-bond donors (Lipinski definition) is 0. The molecule has 2 saturated heterocycles. The van der Waals surface area contributed by atoms with Gasteiger partial charge in [0.2, 0.25) is 5.91 Å². The van der Waals surface area contributed by atoms with E-state index in [1.54, 1.807) is 12.4 Å². The summed E-state index contributed by atoms with van der Waals surface area (Å²) in [6.45, 7) is 3.64. The van der Waals surface area contributed by atoms with Gasteiger partial charge in [-0.25, -0.2) is 0 Å². The average molecular weight is 356 g/mol. The monoisotopic (exact) mass is 356 g/mol. The zero-order valence-corrected chi connectivity index (χ0v) is 15.0. The molecule has 0 unspecified atom stereocenters. The fourth-order valence-corrected chi connectivity index (χ4v) is 3.84. The molecule has 1 amide bonds. The van der Waals surface area contributed by atoms with Crippen LogP contribution in [0.3, 0.4) is 0 Å². The van der Waals surface area contributed by atoms with Gasteiger partial charge in [-0.3, -0.25) is 9.48 Å². The van der Waals surface area contributed by atoms with E-state index in [0.717, 1.165) is 37.4 Å². The first-order valence-corrected chi connectivity index (χ1v) is 9.15. The summed E-state index contributed by atoms with van der Waals surface area (Å²) in [5.41, 5.74) is 0.973. The topological polar surface area (TPSA) is 76.4 Å². The van der Waals surface area contributed by atoms with Crippen LogP contribution in [0, 0.1) is 5.92 Å². The molecule has 2 aromatic rings. The van der Waals surface area contributed by atoms with E-state index < -0.39 is 0 Å². The van der Waals surface area contributed by atoms with Gasteiger partial charge in [-0.2, -0.15) is 10.2 Å². The summed E-state index contributed by atoms with van der Waals surface area (Å²) in [6.07, 6.45) is 5.00. The summed E-state index contributed by atoms with van der Waals surface area (Å²) in [5.74, 6) is 0.922. The molecule has 0 radical (unpaired) electrons. The minimum Gasteiger partial charge on any atom is -0.371 e. The van der Waals surface area contributed by atoms with Gasteiger partial charge >= 0.3 is 0 Å². The molecule has 2 aliphatic heterocycles. The maximum atomic E-state index is 13.2. The number of ether oxygens (including phenoxy) is 1. The molecule has 138 valence electrons. The molecule has 0 bridgehead atoms. The Morgan fingerprint density at radius 3 is 2.73 bits per heavy atom. The number of carbonyl (C=O) groups is 1. The highest BCUT2D eigenvalue weighted by Crippen LogP contribution is 2.34. The molecule has 8 heteroatoms. The number of hydrogen-bond acceptors (Lipinski definition) is 6. The summed E-state index contributed by atoms with van der Waals surface area (Å²) < 4.78 is 7.79. The van der Waals surface area contributed by atoms with Gasteiger partial charge in [-0.15, -0.1) is 5.10 Å². The molecular formula is C18H24N6O2. The minimum absolute atomic E-state index is 0.137. The minimum atomic E-state index is -0.207. The second-order valence-corrected chi connectivity index (χ2v) is 6.81. The summed E-state index contributed by atoms with van der Waals surface area (Å²) in [7, 11) is 1.90. The number of carbonyl (C=O) groups excluding carboxylic acids is 1. The Morgan fingerprint density at radius 1 is 1.19 bits per heavy atom. The highest BCUT2D eigenvalue weighted by molar-refractivity contribution is 5.80. The number of aryl methyl sites for hydroxylation is 1. The van der Waals surface area contributed by atoms with E-state index in [1.807, 2.05) is 34.8 Å². The maximum absolute atomic E-state index is 13.2. The number of rotatable bonds is 3. The van der Waals surface area contributed by atoms with E-state index >= 15 is 0 Å². The Kier molecular flexibility index (Phi) is 4.83. The zero-order valence-electron chi connectivity index (χ0n) is 15.0. The SMILES string of the molecule is Cn1nccc1[C@@H]1OCCC[C@H]1C(=O)N1CCN(c2cccnn2)CC1. The van der Waals surface area contributed by atoms with Gasteiger partial charge in [0.1, 0.15) is 6.10 Å². The molecule has 26 heavy (non-hydrogen) atoms. The number of aromatic nitrogens is 4. The van der Waals surface area contributed by atoms with E-state index in [0.29, 0.717) is 19.7 Å². The van der Waals surface area contributed by atoms with Crippen LogP contribution < -0.4 is 4.90 Å². The standard InChI is InChI=1S/C18H24N6O2/c1-22-15(6-8-20-22)17-14(4-3-13-26-17)18(25)24-11-9-23(10-12-24)16-5-2-7-19-21-16/h2,5-8,14,17H,3-4,9-13H2,1H3/t14-,17-/m1/s1. The van der Waals surface area contributed by atoms with Crippen molar-refractivity contribution in [2.45, 2.75) is 18.9 Å². The molecule has 0 N–H and O–H groups in total. The lowest BCUT2D eigenvalue weighted by Crippen LogP contribution is -2.52. The molecule has 2 atom stereocenters. The van der Waals surface area contributed by atoms with E-state index in [-0.39, 0.29) is 17.9 Å². The van der Waals surface area contributed by atoms with E-state index in [2.05, 4.69) is 20.2 Å². The summed E-state index contributed by atoms with van der Waals surface area (Å²) in [5, 5.41) is 12.3. The summed E-state index contributed by atoms with van der Waals surface area (Å²) in [6, 6.07) is 5.79. The molecule has 0 spiro atoms. The van der Waals surface area contributed by atoms with Gasteiger partial charge in [-0.05, 0) is 31.0 Å². The largest absolute Gasteiger partial charge is 0.371 e. The van der Waals surface area contributed by atoms with Crippen LogP contribution in [0.4, 0.5) is 5.82 Å². The van der Waals surface area contributed by atoms with Crippen LogP contribution in [0.1, 0.15) is 24.6 Å². The molecule has 2 aromatic heterocycles. The fourth-order valence-electron chi connectivity index (χ4n) is 3.84. The molecule has 4 heterocycles. The number of nitrogens with zero attached hydrogens (tertiary/aromatic N) is 6. The van der Waals surface area contributed by atoms with Crippen molar-refractivity contribution < 1.29 is 9.53 Å². The lowest BCUT2D eigenvalue weighted by molar-refractivity contribution is -0.146. The highest BCUT2D eigenvalue weighted by atomic mass is 16.5. The molecule has 0 aromatic carbocycles. The fraction of sp³-hybridized carbons (Fsp3) is 0.556. The Hall–Kier alpha value is -2.48. The van der Waals surface area contributed by atoms with Crippen molar-refractivity contribution in [2.75, 3.05) is 37.7 Å². The van der Waals surface area contributed by atoms with Crippen molar-refractivity contribution in [1.29, 1.82) is 0 Å². The number of anilines is 1. The third kappa shape index (κ3) is 3.29. The van der Waals surface area contributed by atoms with Crippen LogP contribution in [0.5, 0.6) is 0 Å². The molecule has 0 saturated carbocycles. The first kappa shape index (κ1) is 17.0. The van der Waals surface area contributed by atoms with Crippen LogP contribution in [0.25, 0.3) is 0 Å². The molecule has 8 nitrogen and oxygen atoms in total. The van der Waals surface area contributed by atoms with Gasteiger partial charge in [0.25, 0.3) is 0 Å². The Labute approximate surface area is 152 Å². The van der Waals surface area contributed by atoms with Crippen molar-refractivity contribution in [3.05, 3.63) is 36.3 Å². The second kappa shape index (κ2) is 7.41. The predicted molar refractivity (Wildman–Crippen MR) is 95.5 cm³/mol. The molecule has 2 fully saturated rings. The summed E-state index contributed by atoms with van der Waals surface area (Å²) >= 11 is 0. The Bertz CT molecular complexity index is 741. The van der Waals surface area contributed by atoms with Crippen LogP contribution in [-0.2, 0) is 16.6 Å². The van der Waals surface area contributed by atoms with Crippen molar-refractivity contribution >= 4 is 11.7 Å². The van der Waals surface area contributed by atoms with E-state index in [1.165, 1.54) is 0 Å². The predicted octanol–water partition coefficient (Wildman–Crippen LogP) is 1.03. The van der Waals surface area contributed by atoms with Crippen molar-refractivity contribution in [1.82, 2.24) is 24.9 Å². The smallest absolute Gasteiger partial charge is 0.228 e. The second-order valence-electron chi connectivity index (χ2n) is 6.81. The number of piperazine rings is 1. The van der Waals surface area contributed by atoms with Crippen molar-refractivity contribution in [3.63, 3.8) is 0 Å². The van der Waals surface area contributed by atoms with Gasteiger partial charge in [0.15, 0.2) is 5.82 Å². The Morgan fingerprint density at radius 2 is 2.04 bits per heavy atom. The third-order valence-corrected chi connectivity index (χ3v) is 5.26. The van der Waals surface area contributed by atoms with Crippen molar-refractivity contribution in [3.8, 4) is 0 Å². The van der Waals surface area contributed by atoms with Crippen LogP contribution in [-0.4, -0.2) is 63.6 Å². The third-order valence-electron chi connectivity index (χ3n) is 5.26. The lowest BCUT2D eigenvalue weighted by Gasteiger charge is -2.39. The lowest BCUT2D eigenvalue weighted by atomic mass is 9.90. The molecule has 4 rings (SSSR count). The van der Waals surface area contributed by atoms with Gasteiger partial charge in [-0.1, -0.05) is 0 Å². The van der Waals surface area contributed by atoms with E-state index in [9.17, 15) is 4.79 Å². The van der Waals surface area contributed by atoms with Crippen LogP contribution in [0.2, 0.25) is 0 Å². The normalized spacial score (nSPS) is 23.9. The van der Waals surface area contributed by atoms with Gasteiger partial charge in [0.05, 0.1) is 11.6 Å². The highest BCUT2D eigenvalue weighted by Gasteiger charge is 2.37. The molecule has 0 aliphatic carbocycles. The average Bonchev–Trinajstić information content (AvgIpc) is 3.14. The van der Waals surface area contributed by atoms with Gasteiger partial charge < -0.3 is 14.5 Å². The quantitative estimate of drug-likeness (QED) is 0.817. The van der Waals surface area contributed by atoms with Gasteiger partial charge in [0, 0.05) is 52.2 Å². The van der Waals surface area contributed by atoms with E-state index in [4.69, 9.17) is 4.74 Å². The van der Waals surface area contributed by atoms with Crippen LogP contribution in [0.15, 0.2) is 30.6 Å². The van der Waals surface area contributed by atoms with Crippen molar-refractivity contribution in [2.24, 2.45) is 13.0 Å². The first-order valence-electron chi connectivity index (χ1n) is 9.15.